The van der Waals surface area contributed by atoms with Gasteiger partial charge in [0.15, 0.2) is 18.1 Å². The molecule has 184 valence electrons. The van der Waals surface area contributed by atoms with Crippen LogP contribution in [0.3, 0.4) is 0 Å². The van der Waals surface area contributed by atoms with Crippen molar-refractivity contribution < 1.29 is 23.5 Å². The van der Waals surface area contributed by atoms with E-state index in [1.807, 2.05) is 36.4 Å². The largest absolute Gasteiger partial charge is 0.490 e. The number of hydrogen-bond acceptors (Lipinski definition) is 5. The lowest BCUT2D eigenvalue weighted by Crippen LogP contribution is -2.23. The van der Waals surface area contributed by atoms with Gasteiger partial charge >= 0.3 is 0 Å². The molecule has 3 aromatic carbocycles. The van der Waals surface area contributed by atoms with Gasteiger partial charge in [-0.1, -0.05) is 42.5 Å². The van der Waals surface area contributed by atoms with Gasteiger partial charge in [-0.05, 0) is 64.3 Å². The molecule has 2 N–H and O–H groups in total. The van der Waals surface area contributed by atoms with Gasteiger partial charge in [-0.15, -0.1) is 0 Å². The summed E-state index contributed by atoms with van der Waals surface area (Å²) in [6, 6.07) is 20.3. The summed E-state index contributed by atoms with van der Waals surface area (Å²) in [4.78, 5) is 24.8. The molecule has 0 unspecified atom stereocenters. The average Bonchev–Trinajstić information content (AvgIpc) is 2.87. The van der Waals surface area contributed by atoms with E-state index >= 15 is 0 Å². The van der Waals surface area contributed by atoms with Crippen molar-refractivity contribution in [3.05, 3.63) is 93.7 Å². The Kier molecular flexibility index (Phi) is 9.60. The molecular weight excluding hydrogens is 529 g/mol. The first-order chi connectivity index (χ1) is 17.4. The zero-order valence-electron chi connectivity index (χ0n) is 19.4. The van der Waals surface area contributed by atoms with E-state index in [2.05, 4.69) is 26.6 Å². The highest BCUT2D eigenvalue weighted by atomic mass is 79.9. The summed E-state index contributed by atoms with van der Waals surface area (Å²) in [6.45, 7) is 1.98. The van der Waals surface area contributed by atoms with Gasteiger partial charge in [0.05, 0.1) is 16.8 Å². The van der Waals surface area contributed by atoms with Crippen LogP contribution in [0.25, 0.3) is 6.08 Å². The smallest absolute Gasteiger partial charge is 0.262 e. The molecular formula is C27H23BrFN3O4. The SMILES string of the molecule is CCOc1cc(/C=C(\C#N)C(=O)NCc2ccccc2)cc(Br)c1OCC(=O)Nc1ccccc1F. The molecule has 0 aliphatic rings. The number of carbonyl (C=O) groups excluding carboxylic acids is 2. The highest BCUT2D eigenvalue weighted by molar-refractivity contribution is 9.10. The van der Waals surface area contributed by atoms with Crippen LogP contribution in [0.2, 0.25) is 0 Å². The summed E-state index contributed by atoms with van der Waals surface area (Å²) < 4.78 is 25.5. The number of nitrogens with one attached hydrogen (secondary N) is 2. The van der Waals surface area contributed by atoms with Crippen LogP contribution in [-0.2, 0) is 16.1 Å². The number of ether oxygens (including phenoxy) is 2. The molecule has 2 amide bonds. The normalized spacial score (nSPS) is 10.8. The predicted octanol–water partition coefficient (Wildman–Crippen LogP) is 5.23. The van der Waals surface area contributed by atoms with Gasteiger partial charge in [-0.25, -0.2) is 4.39 Å². The number of rotatable bonds is 10. The number of nitriles is 1. The van der Waals surface area contributed by atoms with Gasteiger partial charge in [-0.3, -0.25) is 9.59 Å². The number of anilines is 1. The third-order valence-corrected chi connectivity index (χ3v) is 5.39. The van der Waals surface area contributed by atoms with Crippen LogP contribution in [0.4, 0.5) is 10.1 Å². The second kappa shape index (κ2) is 13.1. The van der Waals surface area contributed by atoms with E-state index in [1.165, 1.54) is 24.3 Å². The summed E-state index contributed by atoms with van der Waals surface area (Å²) in [5.41, 5.74) is 1.38. The highest BCUT2D eigenvalue weighted by Gasteiger charge is 2.16. The molecule has 0 saturated carbocycles. The van der Waals surface area contributed by atoms with Gasteiger partial charge in [0.1, 0.15) is 17.5 Å². The fraction of sp³-hybridized carbons (Fsp3) is 0.148. The van der Waals surface area contributed by atoms with Gasteiger partial charge in [0.2, 0.25) is 0 Å². The molecule has 0 spiro atoms. The molecule has 3 rings (SSSR count). The van der Waals surface area contributed by atoms with Gasteiger partial charge < -0.3 is 20.1 Å². The van der Waals surface area contributed by atoms with Crippen LogP contribution in [0.5, 0.6) is 11.5 Å². The highest BCUT2D eigenvalue weighted by Crippen LogP contribution is 2.37. The zero-order valence-corrected chi connectivity index (χ0v) is 21.0. The molecule has 0 bridgehead atoms. The monoisotopic (exact) mass is 551 g/mol. The first kappa shape index (κ1) is 26.4. The molecule has 0 aliphatic heterocycles. The van der Waals surface area contributed by atoms with Crippen molar-refractivity contribution in [2.24, 2.45) is 0 Å². The van der Waals surface area contributed by atoms with E-state index in [4.69, 9.17) is 9.47 Å². The van der Waals surface area contributed by atoms with E-state index < -0.39 is 24.2 Å². The second-order valence-corrected chi connectivity index (χ2v) is 8.27. The molecule has 3 aromatic rings. The molecule has 9 heteroatoms. The van der Waals surface area contributed by atoms with Gasteiger partial charge in [0.25, 0.3) is 11.8 Å². The molecule has 0 heterocycles. The first-order valence-corrected chi connectivity index (χ1v) is 11.8. The van der Waals surface area contributed by atoms with Crippen LogP contribution in [0, 0.1) is 17.1 Å². The van der Waals surface area contributed by atoms with Crippen LogP contribution in [0.1, 0.15) is 18.1 Å². The number of nitrogens with zero attached hydrogens (tertiary/aromatic N) is 1. The van der Waals surface area contributed by atoms with Crippen molar-refractivity contribution in [2.45, 2.75) is 13.5 Å². The van der Waals surface area contributed by atoms with Crippen molar-refractivity contribution in [3.8, 4) is 17.6 Å². The van der Waals surface area contributed by atoms with Crippen LogP contribution in [-0.4, -0.2) is 25.0 Å². The minimum absolute atomic E-state index is 0.0465. The van der Waals surface area contributed by atoms with E-state index in [0.29, 0.717) is 22.4 Å². The number of carbonyl (C=O) groups is 2. The predicted molar refractivity (Wildman–Crippen MR) is 138 cm³/mol. The summed E-state index contributed by atoms with van der Waals surface area (Å²) in [6.07, 6.45) is 1.43. The zero-order chi connectivity index (χ0) is 25.9. The van der Waals surface area contributed by atoms with Gasteiger partial charge in [-0.2, -0.15) is 5.26 Å². The Morgan fingerprint density at radius 3 is 2.50 bits per heavy atom. The number of amides is 2. The Hall–Kier alpha value is -4.16. The van der Waals surface area contributed by atoms with Crippen molar-refractivity contribution in [1.82, 2.24) is 5.32 Å². The molecule has 0 radical (unpaired) electrons. The van der Waals surface area contributed by atoms with Crippen LogP contribution < -0.4 is 20.1 Å². The van der Waals surface area contributed by atoms with Crippen molar-refractivity contribution in [3.63, 3.8) is 0 Å². The van der Waals surface area contributed by atoms with Crippen LogP contribution in [0.15, 0.2) is 76.8 Å². The Bertz CT molecular complexity index is 1310. The molecule has 0 saturated heterocycles. The molecule has 0 aliphatic carbocycles. The van der Waals surface area contributed by atoms with Gasteiger partial charge in [0, 0.05) is 6.54 Å². The van der Waals surface area contributed by atoms with Crippen molar-refractivity contribution in [1.29, 1.82) is 5.26 Å². The maximum Gasteiger partial charge on any atom is 0.262 e. The molecule has 7 nitrogen and oxygen atoms in total. The van der Waals surface area contributed by atoms with Crippen molar-refractivity contribution >= 4 is 39.5 Å². The Morgan fingerprint density at radius 2 is 1.81 bits per heavy atom. The summed E-state index contributed by atoms with van der Waals surface area (Å²) in [7, 11) is 0. The quantitative estimate of drug-likeness (QED) is 0.265. The standard InChI is InChI=1S/C27H23BrFN3O4/c1-2-35-24-14-19(12-20(15-30)27(34)31-16-18-8-4-3-5-9-18)13-21(28)26(24)36-17-25(33)32-23-11-7-6-10-22(23)29/h3-14H,2,16-17H2,1H3,(H,31,34)(H,32,33)/b20-12+. The second-order valence-electron chi connectivity index (χ2n) is 7.42. The van der Waals surface area contributed by atoms with E-state index in [9.17, 15) is 19.2 Å². The molecule has 0 atom stereocenters. The van der Waals surface area contributed by atoms with E-state index in [1.54, 1.807) is 25.1 Å². The maximum atomic E-state index is 13.8. The Labute approximate surface area is 216 Å². The Balaban J connectivity index is 1.73. The summed E-state index contributed by atoms with van der Waals surface area (Å²) >= 11 is 3.40. The topological polar surface area (TPSA) is 100 Å². The third kappa shape index (κ3) is 7.42. The maximum absolute atomic E-state index is 13.8. The number of para-hydroxylation sites is 1. The van der Waals surface area contributed by atoms with Crippen LogP contribution >= 0.6 is 15.9 Å². The van der Waals surface area contributed by atoms with Crippen molar-refractivity contribution in [2.75, 3.05) is 18.5 Å². The number of hydrogen-bond donors (Lipinski definition) is 2. The lowest BCUT2D eigenvalue weighted by molar-refractivity contribution is -0.118. The third-order valence-electron chi connectivity index (χ3n) is 4.80. The van der Waals surface area contributed by atoms with E-state index in [0.717, 1.165) is 5.56 Å². The van der Waals surface area contributed by atoms with E-state index in [-0.39, 0.29) is 23.6 Å². The molecule has 0 aromatic heterocycles. The lowest BCUT2D eigenvalue weighted by atomic mass is 10.1. The minimum atomic E-state index is -0.556. The average molecular weight is 552 g/mol. The lowest BCUT2D eigenvalue weighted by Gasteiger charge is -2.15. The number of halogens is 2. The fourth-order valence-electron chi connectivity index (χ4n) is 3.15. The Morgan fingerprint density at radius 1 is 1.08 bits per heavy atom. The number of benzene rings is 3. The summed E-state index contributed by atoms with van der Waals surface area (Å²) in [5.74, 6) is -1.07. The molecule has 0 fully saturated rings. The fourth-order valence-corrected chi connectivity index (χ4v) is 3.72. The summed E-state index contributed by atoms with van der Waals surface area (Å²) in [5, 5.41) is 14.7. The first-order valence-electron chi connectivity index (χ1n) is 11.0. The minimum Gasteiger partial charge on any atom is -0.490 e. The molecule has 36 heavy (non-hydrogen) atoms.